The Bertz CT molecular complexity index is 477. The van der Waals surface area contributed by atoms with Crippen molar-refractivity contribution in [1.82, 2.24) is 5.32 Å². The number of halogens is 1. The average molecular weight is 264 g/mol. The topological polar surface area (TPSA) is 55.1 Å². The monoisotopic (exact) mass is 264 g/mol. The first-order valence-electron chi connectivity index (χ1n) is 6.75. The number of nitrogens with two attached hydrogens (primary N) is 1. The summed E-state index contributed by atoms with van der Waals surface area (Å²) >= 11 is 0. The van der Waals surface area contributed by atoms with E-state index >= 15 is 0 Å². The number of nitrogens with one attached hydrogen (secondary N) is 1. The maximum absolute atomic E-state index is 13.2. The maximum Gasteiger partial charge on any atom is 0.227 e. The van der Waals surface area contributed by atoms with Gasteiger partial charge in [0.15, 0.2) is 0 Å². The third kappa shape index (κ3) is 2.78. The molecule has 19 heavy (non-hydrogen) atoms. The van der Waals surface area contributed by atoms with Gasteiger partial charge in [-0.1, -0.05) is 18.6 Å². The molecule has 2 unspecified atom stereocenters. The molecule has 2 rings (SSSR count). The first kappa shape index (κ1) is 14.0. The molecular formula is C15H21FN2O. The van der Waals surface area contributed by atoms with Crippen LogP contribution in [0.3, 0.4) is 0 Å². The largest absolute Gasteiger partial charge is 0.349 e. The molecule has 3 nitrogen and oxygen atoms in total. The van der Waals surface area contributed by atoms with Crippen LogP contribution in [0.25, 0.3) is 0 Å². The van der Waals surface area contributed by atoms with Gasteiger partial charge in [0.1, 0.15) is 5.82 Å². The van der Waals surface area contributed by atoms with E-state index in [1.54, 1.807) is 6.07 Å². The molecule has 0 aliphatic heterocycles. The van der Waals surface area contributed by atoms with Crippen LogP contribution in [0.5, 0.6) is 0 Å². The van der Waals surface area contributed by atoms with Crippen LogP contribution in [0, 0.1) is 11.2 Å². The predicted molar refractivity (Wildman–Crippen MR) is 72.9 cm³/mol. The van der Waals surface area contributed by atoms with Crippen molar-refractivity contribution in [3.05, 3.63) is 35.6 Å². The lowest BCUT2D eigenvalue weighted by Crippen LogP contribution is -2.47. The van der Waals surface area contributed by atoms with Gasteiger partial charge in [0.2, 0.25) is 5.91 Å². The van der Waals surface area contributed by atoms with E-state index in [2.05, 4.69) is 5.32 Å². The highest BCUT2D eigenvalue weighted by atomic mass is 19.1. The van der Waals surface area contributed by atoms with E-state index in [0.717, 1.165) is 24.8 Å². The number of carbonyl (C=O) groups excluding carboxylic acids is 1. The van der Waals surface area contributed by atoms with Gasteiger partial charge in [0.05, 0.1) is 11.5 Å². The van der Waals surface area contributed by atoms with Crippen molar-refractivity contribution in [1.29, 1.82) is 0 Å². The van der Waals surface area contributed by atoms with Crippen molar-refractivity contribution in [2.45, 2.75) is 45.2 Å². The summed E-state index contributed by atoms with van der Waals surface area (Å²) in [6.45, 7) is 3.77. The first-order valence-corrected chi connectivity index (χ1v) is 6.75. The van der Waals surface area contributed by atoms with Gasteiger partial charge in [-0.15, -0.1) is 0 Å². The fourth-order valence-corrected chi connectivity index (χ4v) is 2.70. The Labute approximate surface area is 113 Å². The lowest BCUT2D eigenvalue weighted by Gasteiger charge is -2.29. The normalized spacial score (nSPS) is 28.1. The average Bonchev–Trinajstić information content (AvgIpc) is 2.71. The van der Waals surface area contributed by atoms with Crippen molar-refractivity contribution in [2.75, 3.05) is 0 Å². The summed E-state index contributed by atoms with van der Waals surface area (Å²) in [7, 11) is 0. The Morgan fingerprint density at radius 1 is 1.58 bits per heavy atom. The van der Waals surface area contributed by atoms with E-state index < -0.39 is 5.41 Å². The van der Waals surface area contributed by atoms with Crippen LogP contribution >= 0.6 is 0 Å². The van der Waals surface area contributed by atoms with E-state index in [1.807, 2.05) is 19.9 Å². The minimum Gasteiger partial charge on any atom is -0.349 e. The van der Waals surface area contributed by atoms with Gasteiger partial charge >= 0.3 is 0 Å². The zero-order chi connectivity index (χ0) is 14.0. The second-order valence-corrected chi connectivity index (χ2v) is 5.67. The molecule has 1 fully saturated rings. The number of benzene rings is 1. The lowest BCUT2D eigenvalue weighted by molar-refractivity contribution is -0.131. The van der Waals surface area contributed by atoms with Crippen LogP contribution in [0.4, 0.5) is 4.39 Å². The van der Waals surface area contributed by atoms with Crippen LogP contribution in [-0.2, 0) is 4.79 Å². The van der Waals surface area contributed by atoms with Crippen LogP contribution in [0.1, 0.15) is 44.7 Å². The summed E-state index contributed by atoms with van der Waals surface area (Å²) in [6, 6.07) is 6.00. The molecule has 1 aromatic rings. The van der Waals surface area contributed by atoms with Gasteiger partial charge in [-0.2, -0.15) is 0 Å². The molecule has 1 aliphatic rings. The molecule has 1 amide bonds. The predicted octanol–water partition coefficient (Wildman–Crippen LogP) is 2.52. The summed E-state index contributed by atoms with van der Waals surface area (Å²) in [6.07, 6.45) is 2.69. The lowest BCUT2D eigenvalue weighted by atomic mass is 9.84. The molecule has 1 saturated carbocycles. The highest BCUT2D eigenvalue weighted by Gasteiger charge is 2.43. The second kappa shape index (κ2) is 5.29. The smallest absolute Gasteiger partial charge is 0.227 e. The van der Waals surface area contributed by atoms with E-state index in [1.165, 1.54) is 12.1 Å². The fourth-order valence-electron chi connectivity index (χ4n) is 2.70. The molecule has 0 heterocycles. The van der Waals surface area contributed by atoms with Gasteiger partial charge in [-0.3, -0.25) is 4.79 Å². The summed E-state index contributed by atoms with van der Waals surface area (Å²) in [5.41, 5.74) is 6.30. The third-order valence-corrected chi connectivity index (χ3v) is 4.24. The van der Waals surface area contributed by atoms with Crippen LogP contribution < -0.4 is 11.1 Å². The number of hydrogen-bond donors (Lipinski definition) is 2. The molecule has 4 heteroatoms. The molecule has 0 radical (unpaired) electrons. The van der Waals surface area contributed by atoms with Crippen molar-refractivity contribution in [3.63, 3.8) is 0 Å². The third-order valence-electron chi connectivity index (χ3n) is 4.24. The standard InChI is InChI=1S/C15H21FN2O/c1-10(11-5-3-6-12(16)9-11)18-14(19)15(2)8-4-7-13(15)17/h3,5-6,9-10,13H,4,7-8,17H2,1-2H3,(H,18,19)/t10-,13?,15?/m0/s1. The van der Waals surface area contributed by atoms with Gasteiger partial charge < -0.3 is 11.1 Å². The Morgan fingerprint density at radius 3 is 2.89 bits per heavy atom. The zero-order valence-corrected chi connectivity index (χ0v) is 11.4. The number of amides is 1. The van der Waals surface area contributed by atoms with E-state index in [0.29, 0.717) is 0 Å². The SMILES string of the molecule is C[C@H](NC(=O)C1(C)CCCC1N)c1cccc(F)c1. The van der Waals surface area contributed by atoms with Crippen molar-refractivity contribution < 1.29 is 9.18 Å². The maximum atomic E-state index is 13.2. The van der Waals surface area contributed by atoms with E-state index in [4.69, 9.17) is 5.73 Å². The summed E-state index contributed by atoms with van der Waals surface area (Å²) < 4.78 is 13.2. The number of rotatable bonds is 3. The molecule has 0 bridgehead atoms. The highest BCUT2D eigenvalue weighted by molar-refractivity contribution is 5.83. The van der Waals surface area contributed by atoms with Gasteiger partial charge in [0, 0.05) is 6.04 Å². The van der Waals surface area contributed by atoms with E-state index in [-0.39, 0.29) is 23.8 Å². The van der Waals surface area contributed by atoms with Gasteiger partial charge in [-0.05, 0) is 44.4 Å². The molecule has 3 atom stereocenters. The quantitative estimate of drug-likeness (QED) is 0.881. The molecule has 1 aliphatic carbocycles. The van der Waals surface area contributed by atoms with Crippen LogP contribution in [0.15, 0.2) is 24.3 Å². The fraction of sp³-hybridized carbons (Fsp3) is 0.533. The molecule has 1 aromatic carbocycles. The van der Waals surface area contributed by atoms with Crippen molar-refractivity contribution >= 4 is 5.91 Å². The Morgan fingerprint density at radius 2 is 2.32 bits per heavy atom. The Kier molecular flexibility index (Phi) is 3.90. The van der Waals surface area contributed by atoms with Gasteiger partial charge in [-0.25, -0.2) is 4.39 Å². The molecule has 104 valence electrons. The van der Waals surface area contributed by atoms with Crippen molar-refractivity contribution in [2.24, 2.45) is 11.1 Å². The summed E-state index contributed by atoms with van der Waals surface area (Å²) in [5, 5.41) is 2.95. The Balaban J connectivity index is 2.07. The zero-order valence-electron chi connectivity index (χ0n) is 11.4. The van der Waals surface area contributed by atoms with Crippen LogP contribution in [-0.4, -0.2) is 11.9 Å². The Hall–Kier alpha value is -1.42. The van der Waals surface area contributed by atoms with Gasteiger partial charge in [0.25, 0.3) is 0 Å². The summed E-state index contributed by atoms with van der Waals surface area (Å²) in [4.78, 5) is 12.4. The molecule has 0 spiro atoms. The second-order valence-electron chi connectivity index (χ2n) is 5.67. The number of hydrogen-bond acceptors (Lipinski definition) is 2. The first-order chi connectivity index (χ1) is 8.93. The van der Waals surface area contributed by atoms with Crippen molar-refractivity contribution in [3.8, 4) is 0 Å². The van der Waals surface area contributed by atoms with E-state index in [9.17, 15) is 9.18 Å². The molecule has 0 saturated heterocycles. The highest BCUT2D eigenvalue weighted by Crippen LogP contribution is 2.37. The molecular weight excluding hydrogens is 243 g/mol. The minimum absolute atomic E-state index is 0.0331. The molecule has 0 aromatic heterocycles. The molecule has 3 N–H and O–H groups in total. The summed E-state index contributed by atoms with van der Waals surface area (Å²) in [5.74, 6) is -0.323. The van der Waals surface area contributed by atoms with Crippen LogP contribution in [0.2, 0.25) is 0 Å². The minimum atomic E-state index is -0.498. The number of carbonyl (C=O) groups is 1.